The highest BCUT2D eigenvalue weighted by molar-refractivity contribution is 7.49. The van der Waals surface area contributed by atoms with Crippen LogP contribution in [0.2, 0.25) is 0 Å². The van der Waals surface area contributed by atoms with Crippen LogP contribution in [0.3, 0.4) is 0 Å². The van der Waals surface area contributed by atoms with Gasteiger partial charge < -0.3 is 23.3 Å². The van der Waals surface area contributed by atoms with E-state index in [0.29, 0.717) is 0 Å². The summed E-state index contributed by atoms with van der Waals surface area (Å²) in [6.45, 7) is 11.2. The van der Waals surface area contributed by atoms with E-state index in [4.69, 9.17) is 27.8 Å². The second-order valence-electron chi connectivity index (χ2n) is 11.3. The molecule has 0 saturated carbocycles. The van der Waals surface area contributed by atoms with Crippen LogP contribution in [0.25, 0.3) is 0 Å². The standard InChI is InChI=1S/C28H36FO9P/c1-18-22(34-25(30)27(2,3)4)23(35-26(31)28(5,6)7)21(29)24(33-18)38-39(32,36-19-14-10-8-11-15-19)37-20-16-12-9-13-17-20/h8-18,21-24H,1-7H3/t18-,21-,22+,23-,24-/m0/s1. The quantitative estimate of drug-likeness (QED) is 0.270. The molecule has 0 spiro atoms. The van der Waals surface area contributed by atoms with E-state index < -0.39 is 61.4 Å². The number of para-hydroxylation sites is 2. The average molecular weight is 567 g/mol. The molecule has 2 aromatic rings. The van der Waals surface area contributed by atoms with Gasteiger partial charge in [0.2, 0.25) is 6.29 Å². The Labute approximate surface area is 228 Å². The maximum Gasteiger partial charge on any atom is 0.590 e. The highest BCUT2D eigenvalue weighted by Gasteiger charge is 2.54. The highest BCUT2D eigenvalue weighted by Crippen LogP contribution is 2.52. The zero-order chi connectivity index (χ0) is 29.0. The van der Waals surface area contributed by atoms with E-state index >= 15 is 4.39 Å². The summed E-state index contributed by atoms with van der Waals surface area (Å²) in [6.07, 6.45) is -8.04. The Morgan fingerprint density at radius 2 is 1.18 bits per heavy atom. The number of esters is 2. The predicted molar refractivity (Wildman–Crippen MR) is 141 cm³/mol. The first-order valence-corrected chi connectivity index (χ1v) is 14.0. The Kier molecular flexibility index (Phi) is 9.47. The van der Waals surface area contributed by atoms with Crippen LogP contribution in [-0.2, 0) is 32.9 Å². The van der Waals surface area contributed by atoms with Crippen molar-refractivity contribution in [1.82, 2.24) is 0 Å². The number of ether oxygens (including phenoxy) is 3. The van der Waals surface area contributed by atoms with E-state index in [2.05, 4.69) is 0 Å². The van der Waals surface area contributed by atoms with Gasteiger partial charge in [-0.05, 0) is 72.7 Å². The van der Waals surface area contributed by atoms with Crippen molar-refractivity contribution in [2.45, 2.75) is 79.2 Å². The van der Waals surface area contributed by atoms with E-state index in [0.717, 1.165) is 0 Å². The molecule has 0 unspecified atom stereocenters. The first-order valence-electron chi connectivity index (χ1n) is 12.6. The molecule has 1 aliphatic rings. The molecule has 0 amide bonds. The van der Waals surface area contributed by atoms with Gasteiger partial charge in [0, 0.05) is 0 Å². The number of carbonyl (C=O) groups is 2. The molecule has 0 bridgehead atoms. The van der Waals surface area contributed by atoms with Crippen LogP contribution in [0.15, 0.2) is 60.7 Å². The number of rotatable bonds is 8. The minimum absolute atomic E-state index is 0.142. The lowest BCUT2D eigenvalue weighted by molar-refractivity contribution is -0.268. The first kappa shape index (κ1) is 30.6. The van der Waals surface area contributed by atoms with Gasteiger partial charge in [0.25, 0.3) is 0 Å². The Morgan fingerprint density at radius 3 is 1.59 bits per heavy atom. The van der Waals surface area contributed by atoms with Gasteiger partial charge in [-0.2, -0.15) is 0 Å². The van der Waals surface area contributed by atoms with Gasteiger partial charge in [-0.25, -0.2) is 13.5 Å². The molecule has 0 aromatic heterocycles. The summed E-state index contributed by atoms with van der Waals surface area (Å²) in [6, 6.07) is 16.2. The molecule has 1 saturated heterocycles. The van der Waals surface area contributed by atoms with E-state index in [9.17, 15) is 14.2 Å². The molecule has 3 rings (SSSR count). The molecule has 0 N–H and O–H groups in total. The van der Waals surface area contributed by atoms with Crippen LogP contribution >= 0.6 is 7.82 Å². The first-order chi connectivity index (χ1) is 18.1. The lowest BCUT2D eigenvalue weighted by Crippen LogP contribution is -2.59. The summed E-state index contributed by atoms with van der Waals surface area (Å²) >= 11 is 0. The number of hydrogen-bond donors (Lipinski definition) is 0. The molecule has 1 fully saturated rings. The minimum atomic E-state index is -4.58. The zero-order valence-electron chi connectivity index (χ0n) is 23.2. The van der Waals surface area contributed by atoms with Crippen molar-refractivity contribution in [3.8, 4) is 11.5 Å². The topological polar surface area (TPSA) is 107 Å². The van der Waals surface area contributed by atoms with Crippen molar-refractivity contribution in [1.29, 1.82) is 0 Å². The van der Waals surface area contributed by atoms with Gasteiger partial charge >= 0.3 is 19.8 Å². The molecule has 5 atom stereocenters. The molecule has 1 heterocycles. The fourth-order valence-electron chi connectivity index (χ4n) is 3.36. The predicted octanol–water partition coefficient (Wildman–Crippen LogP) is 6.27. The number of phosphoric ester groups is 1. The number of phosphoric acid groups is 1. The molecular formula is C28H36FO9P. The van der Waals surface area contributed by atoms with Gasteiger partial charge in [0.05, 0.1) is 16.9 Å². The number of halogens is 1. The van der Waals surface area contributed by atoms with Gasteiger partial charge in [-0.3, -0.25) is 9.59 Å². The van der Waals surface area contributed by atoms with Crippen LogP contribution < -0.4 is 9.05 Å². The molecule has 1 aliphatic heterocycles. The molecule has 0 radical (unpaired) electrons. The smallest absolute Gasteiger partial charge is 0.455 e. The Bertz CT molecular complexity index is 1120. The maximum absolute atomic E-state index is 16.1. The van der Waals surface area contributed by atoms with E-state index in [1.165, 1.54) is 31.2 Å². The summed E-state index contributed by atoms with van der Waals surface area (Å²) in [4.78, 5) is 25.4. The number of carbonyl (C=O) groups excluding carboxylic acids is 2. The normalized spacial score (nSPS) is 23.9. The van der Waals surface area contributed by atoms with E-state index in [1.807, 2.05) is 0 Å². The minimum Gasteiger partial charge on any atom is -0.455 e. The van der Waals surface area contributed by atoms with Gasteiger partial charge in [0.1, 0.15) is 11.5 Å². The molecule has 39 heavy (non-hydrogen) atoms. The molecule has 2 aromatic carbocycles. The Hall–Kier alpha value is -2.94. The van der Waals surface area contributed by atoms with Crippen molar-refractivity contribution in [3.05, 3.63) is 60.7 Å². The number of alkyl halides is 1. The fraction of sp³-hybridized carbons (Fsp3) is 0.500. The van der Waals surface area contributed by atoms with E-state index in [1.54, 1.807) is 77.9 Å². The summed E-state index contributed by atoms with van der Waals surface area (Å²) in [5, 5.41) is 0. The molecule has 11 heteroatoms. The third-order valence-electron chi connectivity index (χ3n) is 5.57. The van der Waals surface area contributed by atoms with Crippen LogP contribution in [-0.4, -0.2) is 42.7 Å². The van der Waals surface area contributed by atoms with E-state index in [-0.39, 0.29) is 11.5 Å². The fourth-order valence-corrected chi connectivity index (χ4v) is 4.66. The summed E-state index contributed by atoms with van der Waals surface area (Å²) in [5.74, 6) is -1.09. The monoisotopic (exact) mass is 566 g/mol. The van der Waals surface area contributed by atoms with Crippen molar-refractivity contribution in [3.63, 3.8) is 0 Å². The third kappa shape index (κ3) is 8.27. The molecule has 9 nitrogen and oxygen atoms in total. The lowest BCUT2D eigenvalue weighted by atomic mass is 9.94. The van der Waals surface area contributed by atoms with Crippen LogP contribution in [0, 0.1) is 10.8 Å². The maximum atomic E-state index is 16.1. The zero-order valence-corrected chi connectivity index (χ0v) is 24.1. The average Bonchev–Trinajstić information content (AvgIpc) is 2.84. The molecular weight excluding hydrogens is 530 g/mol. The summed E-state index contributed by atoms with van der Waals surface area (Å²) in [5.41, 5.74) is -1.90. The Balaban J connectivity index is 1.93. The summed E-state index contributed by atoms with van der Waals surface area (Å²) in [7, 11) is -4.58. The van der Waals surface area contributed by atoms with Crippen molar-refractivity contribution < 1.29 is 46.3 Å². The Morgan fingerprint density at radius 1 is 0.769 bits per heavy atom. The second kappa shape index (κ2) is 12.1. The molecule has 214 valence electrons. The van der Waals surface area contributed by atoms with Gasteiger partial charge in [-0.15, -0.1) is 0 Å². The van der Waals surface area contributed by atoms with Gasteiger partial charge in [-0.1, -0.05) is 36.4 Å². The summed E-state index contributed by atoms with van der Waals surface area (Å²) < 4.78 is 63.4. The number of benzene rings is 2. The SMILES string of the molecule is C[C@@H]1O[C@@H](OP(=O)(Oc2ccccc2)Oc2ccccc2)[C@@H](F)[C@H](OC(=O)C(C)(C)C)[C@@H]1OC(=O)C(C)(C)C. The van der Waals surface area contributed by atoms with Crippen LogP contribution in [0.5, 0.6) is 11.5 Å². The van der Waals surface area contributed by atoms with Crippen molar-refractivity contribution >= 4 is 19.8 Å². The molecule has 0 aliphatic carbocycles. The second-order valence-corrected chi connectivity index (χ2v) is 12.7. The van der Waals surface area contributed by atoms with Crippen molar-refractivity contribution in [2.75, 3.05) is 0 Å². The van der Waals surface area contributed by atoms with Crippen molar-refractivity contribution in [2.24, 2.45) is 10.8 Å². The van der Waals surface area contributed by atoms with Gasteiger partial charge in [0.15, 0.2) is 18.4 Å². The highest BCUT2D eigenvalue weighted by atomic mass is 31.2. The lowest BCUT2D eigenvalue weighted by Gasteiger charge is -2.42. The largest absolute Gasteiger partial charge is 0.590 e. The third-order valence-corrected chi connectivity index (χ3v) is 6.91. The van der Waals surface area contributed by atoms with Crippen LogP contribution in [0.4, 0.5) is 4.39 Å². The van der Waals surface area contributed by atoms with Crippen LogP contribution in [0.1, 0.15) is 48.5 Å². The number of hydrogen-bond acceptors (Lipinski definition) is 9.